The summed E-state index contributed by atoms with van der Waals surface area (Å²) in [7, 11) is 0. The van der Waals surface area contributed by atoms with Gasteiger partial charge in [-0.2, -0.15) is 0 Å². The molecule has 27 heavy (non-hydrogen) atoms. The molecule has 0 atom stereocenters. The molecule has 0 spiro atoms. The van der Waals surface area contributed by atoms with Crippen LogP contribution in [-0.4, -0.2) is 47.3 Å². The Morgan fingerprint density at radius 2 is 1.96 bits per heavy atom. The molecule has 2 aromatic rings. The first-order valence-corrected chi connectivity index (χ1v) is 9.31. The summed E-state index contributed by atoms with van der Waals surface area (Å²) in [6, 6.07) is 5.46. The molecule has 3 N–H and O–H groups in total. The van der Waals surface area contributed by atoms with Crippen molar-refractivity contribution in [3.63, 3.8) is 0 Å². The average molecular weight is 383 g/mol. The van der Waals surface area contributed by atoms with Crippen molar-refractivity contribution in [1.29, 1.82) is 0 Å². The molecule has 2 fully saturated rings. The second-order valence-corrected chi connectivity index (χ2v) is 7.18. The Kier molecular flexibility index (Phi) is 4.78. The zero-order chi connectivity index (χ0) is 18.8. The zero-order valence-corrected chi connectivity index (χ0v) is 15.1. The minimum absolute atomic E-state index is 0.242. The number of thioether (sulfide) groups is 1. The number of aromatic nitrogens is 2. The SMILES string of the molecule is O=C1NC(=O)/C(=C/c2c[nH]c(=O)c(-c3ccc(N4CCNCC4)nc3)c2)S1. The van der Waals surface area contributed by atoms with Gasteiger partial charge in [-0.05, 0) is 41.6 Å². The number of hydrogen-bond acceptors (Lipinski definition) is 7. The minimum atomic E-state index is -0.431. The lowest BCUT2D eigenvalue weighted by Gasteiger charge is -2.28. The fourth-order valence-corrected chi connectivity index (χ4v) is 3.68. The number of H-pyrrole nitrogens is 1. The Labute approximate surface area is 159 Å². The van der Waals surface area contributed by atoms with Crippen LogP contribution < -0.4 is 21.1 Å². The number of nitrogens with zero attached hydrogens (tertiary/aromatic N) is 2. The van der Waals surface area contributed by atoms with Gasteiger partial charge in [-0.3, -0.25) is 19.7 Å². The first-order chi connectivity index (χ1) is 13.1. The molecule has 8 nitrogen and oxygen atoms in total. The summed E-state index contributed by atoms with van der Waals surface area (Å²) in [4.78, 5) is 44.9. The monoisotopic (exact) mass is 383 g/mol. The van der Waals surface area contributed by atoms with E-state index in [1.165, 1.54) is 6.20 Å². The number of hydrogen-bond donors (Lipinski definition) is 3. The number of rotatable bonds is 3. The van der Waals surface area contributed by atoms with E-state index in [-0.39, 0.29) is 5.56 Å². The van der Waals surface area contributed by atoms with Crippen LogP contribution in [0.5, 0.6) is 0 Å². The summed E-state index contributed by atoms with van der Waals surface area (Å²) in [5, 5.41) is 5.11. The third-order valence-electron chi connectivity index (χ3n) is 4.37. The van der Waals surface area contributed by atoms with Gasteiger partial charge in [0.15, 0.2) is 0 Å². The van der Waals surface area contributed by atoms with Crippen molar-refractivity contribution < 1.29 is 9.59 Å². The summed E-state index contributed by atoms with van der Waals surface area (Å²) in [6.45, 7) is 3.64. The molecular formula is C18H17N5O3S. The van der Waals surface area contributed by atoms with E-state index in [0.717, 1.165) is 43.8 Å². The standard InChI is InChI=1S/C18H17N5O3S/c24-16-13(7-11(9-21-16)8-14-17(25)22-18(26)27-14)12-1-2-15(20-10-12)23-5-3-19-4-6-23/h1-2,7-10,19H,3-6H2,(H,21,24)(H,22,25,26)/b14-8-. The molecule has 2 amide bonds. The predicted molar refractivity (Wildman–Crippen MR) is 104 cm³/mol. The molecule has 9 heteroatoms. The highest BCUT2D eigenvalue weighted by molar-refractivity contribution is 8.18. The minimum Gasteiger partial charge on any atom is -0.354 e. The van der Waals surface area contributed by atoms with E-state index in [1.807, 2.05) is 12.1 Å². The largest absolute Gasteiger partial charge is 0.354 e. The van der Waals surface area contributed by atoms with Crippen LogP contribution in [0.15, 0.2) is 40.3 Å². The molecule has 0 aromatic carbocycles. The highest BCUT2D eigenvalue weighted by Crippen LogP contribution is 2.26. The van der Waals surface area contributed by atoms with E-state index >= 15 is 0 Å². The topological polar surface area (TPSA) is 107 Å². The van der Waals surface area contributed by atoms with Crippen molar-refractivity contribution in [3.8, 4) is 11.1 Å². The van der Waals surface area contributed by atoms with E-state index in [9.17, 15) is 14.4 Å². The Hall–Kier alpha value is -2.91. The smallest absolute Gasteiger partial charge is 0.290 e. The van der Waals surface area contributed by atoms with E-state index in [0.29, 0.717) is 21.6 Å². The second kappa shape index (κ2) is 7.37. The van der Waals surface area contributed by atoms with Crippen LogP contribution in [0.3, 0.4) is 0 Å². The lowest BCUT2D eigenvalue weighted by molar-refractivity contribution is -0.115. The molecule has 0 aliphatic carbocycles. The molecule has 2 aromatic heterocycles. The zero-order valence-electron chi connectivity index (χ0n) is 14.3. The first kappa shape index (κ1) is 17.5. The predicted octanol–water partition coefficient (Wildman–Crippen LogP) is 1.17. The number of pyridine rings is 2. The first-order valence-electron chi connectivity index (χ1n) is 8.50. The Balaban J connectivity index is 1.61. The average Bonchev–Trinajstić information content (AvgIpc) is 3.01. The van der Waals surface area contributed by atoms with E-state index in [2.05, 4.69) is 25.5 Å². The lowest BCUT2D eigenvalue weighted by atomic mass is 10.1. The van der Waals surface area contributed by atoms with Gasteiger partial charge < -0.3 is 15.2 Å². The maximum atomic E-state index is 12.3. The normalized spacial score (nSPS) is 18.8. The van der Waals surface area contributed by atoms with Gasteiger partial charge in [0.2, 0.25) is 0 Å². The van der Waals surface area contributed by atoms with Gasteiger partial charge in [-0.25, -0.2) is 4.98 Å². The molecule has 0 radical (unpaired) electrons. The molecule has 4 rings (SSSR count). The van der Waals surface area contributed by atoms with Gasteiger partial charge >= 0.3 is 0 Å². The molecule has 2 aliphatic heterocycles. The Morgan fingerprint density at radius 1 is 1.15 bits per heavy atom. The van der Waals surface area contributed by atoms with Crippen molar-refractivity contribution >= 4 is 34.8 Å². The number of nitrogens with one attached hydrogen (secondary N) is 3. The highest BCUT2D eigenvalue weighted by Gasteiger charge is 2.25. The van der Waals surface area contributed by atoms with Gasteiger partial charge in [0.25, 0.3) is 16.7 Å². The molecular weight excluding hydrogens is 366 g/mol. The highest BCUT2D eigenvalue weighted by atomic mass is 32.2. The van der Waals surface area contributed by atoms with Gasteiger partial charge in [-0.1, -0.05) is 0 Å². The third kappa shape index (κ3) is 3.79. The van der Waals surface area contributed by atoms with Crippen LogP contribution in [0.1, 0.15) is 5.56 Å². The fraction of sp³-hybridized carbons (Fsp3) is 0.222. The quantitative estimate of drug-likeness (QED) is 0.683. The lowest BCUT2D eigenvalue weighted by Crippen LogP contribution is -2.43. The number of carbonyl (C=O) groups is 2. The number of imide groups is 1. The molecule has 138 valence electrons. The summed E-state index contributed by atoms with van der Waals surface area (Å²) >= 11 is 0.839. The number of carbonyl (C=O) groups excluding carboxylic acids is 2. The third-order valence-corrected chi connectivity index (χ3v) is 5.18. The number of piperazine rings is 1. The van der Waals surface area contributed by atoms with E-state index in [1.54, 1.807) is 18.3 Å². The van der Waals surface area contributed by atoms with Gasteiger partial charge in [0.05, 0.1) is 4.91 Å². The van der Waals surface area contributed by atoms with Crippen LogP contribution in [0.2, 0.25) is 0 Å². The van der Waals surface area contributed by atoms with Gasteiger partial charge in [0.1, 0.15) is 5.82 Å². The van der Waals surface area contributed by atoms with Gasteiger partial charge in [-0.15, -0.1) is 0 Å². The number of amides is 2. The van der Waals surface area contributed by atoms with E-state index < -0.39 is 11.1 Å². The maximum absolute atomic E-state index is 12.3. The summed E-state index contributed by atoms with van der Waals surface area (Å²) < 4.78 is 0. The van der Waals surface area contributed by atoms with Crippen LogP contribution >= 0.6 is 11.8 Å². The molecule has 2 aliphatic rings. The summed E-state index contributed by atoms with van der Waals surface area (Å²) in [6.07, 6.45) is 4.77. The molecule has 0 bridgehead atoms. The summed E-state index contributed by atoms with van der Waals surface area (Å²) in [5.74, 6) is 0.451. The molecule has 4 heterocycles. The second-order valence-electron chi connectivity index (χ2n) is 6.17. The Morgan fingerprint density at radius 3 is 2.63 bits per heavy atom. The number of anilines is 1. The van der Waals surface area contributed by atoms with Crippen LogP contribution in [0, 0.1) is 0 Å². The van der Waals surface area contributed by atoms with Crippen LogP contribution in [-0.2, 0) is 4.79 Å². The number of aromatic amines is 1. The van der Waals surface area contributed by atoms with Crippen molar-refractivity contribution in [3.05, 3.63) is 51.4 Å². The van der Waals surface area contributed by atoms with Crippen LogP contribution in [0.25, 0.3) is 17.2 Å². The Bertz CT molecular complexity index is 977. The van der Waals surface area contributed by atoms with Crippen molar-refractivity contribution in [2.24, 2.45) is 0 Å². The molecule has 0 unspecified atom stereocenters. The van der Waals surface area contributed by atoms with Gasteiger partial charge in [0, 0.05) is 49.7 Å². The van der Waals surface area contributed by atoms with Crippen molar-refractivity contribution in [1.82, 2.24) is 20.6 Å². The summed E-state index contributed by atoms with van der Waals surface area (Å²) in [5.41, 5.74) is 1.53. The maximum Gasteiger partial charge on any atom is 0.290 e. The van der Waals surface area contributed by atoms with Crippen molar-refractivity contribution in [2.45, 2.75) is 0 Å². The van der Waals surface area contributed by atoms with Crippen LogP contribution in [0.4, 0.5) is 10.6 Å². The molecule has 2 saturated heterocycles. The van der Waals surface area contributed by atoms with Crippen molar-refractivity contribution in [2.75, 3.05) is 31.1 Å². The fourth-order valence-electron chi connectivity index (χ4n) is 3.00. The molecule has 0 saturated carbocycles. The van der Waals surface area contributed by atoms with E-state index in [4.69, 9.17) is 0 Å².